The molecule has 2 bridgehead atoms. The Morgan fingerprint density at radius 2 is 1.53 bits per heavy atom. The highest BCUT2D eigenvalue weighted by Crippen LogP contribution is 2.29. The lowest BCUT2D eigenvalue weighted by atomic mass is 10.0. The van der Waals surface area contributed by atoms with Crippen LogP contribution < -0.4 is 5.84 Å². The van der Waals surface area contributed by atoms with Gasteiger partial charge in [0, 0.05) is 32.2 Å². The Morgan fingerprint density at radius 1 is 0.933 bits per heavy atom. The maximum atomic E-state index is 5.86. The Hall–Kier alpha value is -0.160. The lowest BCUT2D eigenvalue weighted by Gasteiger charge is -2.41. The highest BCUT2D eigenvalue weighted by molar-refractivity contribution is 4.89. The molecule has 0 amide bonds. The average Bonchev–Trinajstić information content (AvgIpc) is 2.59. The van der Waals surface area contributed by atoms with E-state index in [1.165, 1.54) is 25.7 Å². The number of hydrogen-bond donors (Lipinski definition) is 1. The Kier molecular flexibility index (Phi) is 2.68. The molecule has 4 nitrogen and oxygen atoms in total. The van der Waals surface area contributed by atoms with E-state index < -0.39 is 0 Å². The maximum Gasteiger partial charge on any atom is 0.0707 e. The van der Waals surface area contributed by atoms with Crippen LogP contribution >= 0.6 is 0 Å². The fraction of sp³-hybridized carbons (Fsp3) is 1.00. The summed E-state index contributed by atoms with van der Waals surface area (Å²) in [5, 5.41) is 1.95. The van der Waals surface area contributed by atoms with Crippen LogP contribution in [0.5, 0.6) is 0 Å². The Morgan fingerprint density at radius 3 is 2.13 bits per heavy atom. The summed E-state index contributed by atoms with van der Waals surface area (Å²) in [6, 6.07) is 0.761. The smallest absolute Gasteiger partial charge is 0.0707 e. The van der Waals surface area contributed by atoms with Crippen LogP contribution in [0.15, 0.2) is 0 Å². The predicted octanol–water partition coefficient (Wildman–Crippen LogP) is 0.188. The number of ether oxygens (including phenoxy) is 1. The zero-order chi connectivity index (χ0) is 10.3. The molecule has 0 spiro atoms. The predicted molar refractivity (Wildman–Crippen MR) is 58.3 cm³/mol. The van der Waals surface area contributed by atoms with Gasteiger partial charge in [0.05, 0.1) is 12.2 Å². The molecule has 3 rings (SSSR count). The van der Waals surface area contributed by atoms with Crippen LogP contribution in [0.1, 0.15) is 25.7 Å². The Balaban J connectivity index is 1.58. The molecule has 15 heavy (non-hydrogen) atoms. The van der Waals surface area contributed by atoms with Gasteiger partial charge >= 0.3 is 0 Å². The van der Waals surface area contributed by atoms with Crippen LogP contribution in [0, 0.1) is 0 Å². The number of fused-ring (bicyclic) bond motifs is 2. The molecule has 0 aromatic carbocycles. The normalized spacial score (nSPS) is 39.8. The number of likely N-dealkylation sites (tertiary alicyclic amines) is 1. The van der Waals surface area contributed by atoms with Crippen molar-refractivity contribution in [2.75, 3.05) is 26.2 Å². The van der Waals surface area contributed by atoms with Gasteiger partial charge in [-0.3, -0.25) is 10.7 Å². The molecule has 0 saturated carbocycles. The molecule has 2 atom stereocenters. The Labute approximate surface area is 91.3 Å². The van der Waals surface area contributed by atoms with Gasteiger partial charge in [-0.15, -0.1) is 0 Å². The Bertz CT molecular complexity index is 216. The summed E-state index contributed by atoms with van der Waals surface area (Å²) in [4.78, 5) is 2.65. The number of hydrogen-bond acceptors (Lipinski definition) is 4. The van der Waals surface area contributed by atoms with Gasteiger partial charge in [-0.25, -0.2) is 5.01 Å². The van der Waals surface area contributed by atoms with Crippen molar-refractivity contribution in [2.24, 2.45) is 5.84 Å². The summed E-state index contributed by atoms with van der Waals surface area (Å²) in [5.74, 6) is 5.78. The van der Waals surface area contributed by atoms with Crippen LogP contribution in [-0.4, -0.2) is 54.3 Å². The standard InChI is InChI=1S/C11H21N3O/c12-14-5-3-9(4-6-14)13-7-10-1-2-11(8-13)15-10/h9-11H,1-8,12H2/t10-,11+. The van der Waals surface area contributed by atoms with E-state index in [1.807, 2.05) is 5.01 Å². The summed E-state index contributed by atoms with van der Waals surface area (Å²) in [5.41, 5.74) is 0. The lowest BCUT2D eigenvalue weighted by Crippen LogP contribution is -2.52. The summed E-state index contributed by atoms with van der Waals surface area (Å²) in [6.07, 6.45) is 6.07. The lowest BCUT2D eigenvalue weighted by molar-refractivity contribution is -0.0606. The second-order valence-electron chi connectivity index (χ2n) is 5.18. The van der Waals surface area contributed by atoms with Crippen molar-refractivity contribution in [1.29, 1.82) is 0 Å². The minimum Gasteiger partial charge on any atom is -0.372 e. The van der Waals surface area contributed by atoms with Gasteiger partial charge in [0.1, 0.15) is 0 Å². The van der Waals surface area contributed by atoms with Crippen molar-refractivity contribution in [3.63, 3.8) is 0 Å². The van der Waals surface area contributed by atoms with Crippen molar-refractivity contribution in [1.82, 2.24) is 9.91 Å². The fourth-order valence-electron chi connectivity index (χ4n) is 3.20. The molecule has 0 unspecified atom stereocenters. The first kappa shape index (κ1) is 10.0. The monoisotopic (exact) mass is 211 g/mol. The third-order valence-electron chi connectivity index (χ3n) is 4.09. The number of morpholine rings is 1. The molecule has 0 aromatic heterocycles. The van der Waals surface area contributed by atoms with Crippen molar-refractivity contribution < 1.29 is 4.74 Å². The molecule has 4 heteroatoms. The minimum absolute atomic E-state index is 0.527. The molecule has 3 heterocycles. The van der Waals surface area contributed by atoms with Crippen LogP contribution in [0.25, 0.3) is 0 Å². The number of nitrogens with two attached hydrogens (primary N) is 1. The zero-order valence-electron chi connectivity index (χ0n) is 9.27. The highest BCUT2D eigenvalue weighted by Gasteiger charge is 2.36. The summed E-state index contributed by atoms with van der Waals surface area (Å²) in [7, 11) is 0. The largest absolute Gasteiger partial charge is 0.372 e. The van der Waals surface area contributed by atoms with Gasteiger partial charge in [-0.05, 0) is 25.7 Å². The van der Waals surface area contributed by atoms with Gasteiger partial charge in [0.15, 0.2) is 0 Å². The number of nitrogens with zero attached hydrogens (tertiary/aromatic N) is 2. The average molecular weight is 211 g/mol. The number of piperidine rings is 1. The first-order valence-corrected chi connectivity index (χ1v) is 6.20. The molecule has 3 saturated heterocycles. The molecule has 2 N–H and O–H groups in total. The quantitative estimate of drug-likeness (QED) is 0.629. The second kappa shape index (κ2) is 4.01. The fourth-order valence-corrected chi connectivity index (χ4v) is 3.20. The third-order valence-corrected chi connectivity index (χ3v) is 4.09. The SMILES string of the molecule is NN1CCC(N2C[C@H]3CC[C@@H](C2)O3)CC1. The van der Waals surface area contributed by atoms with Crippen LogP contribution in [0.2, 0.25) is 0 Å². The van der Waals surface area contributed by atoms with Crippen molar-refractivity contribution >= 4 is 0 Å². The second-order valence-corrected chi connectivity index (χ2v) is 5.18. The first-order chi connectivity index (χ1) is 7.31. The van der Waals surface area contributed by atoms with E-state index in [-0.39, 0.29) is 0 Å². The molecular formula is C11H21N3O. The van der Waals surface area contributed by atoms with E-state index in [0.717, 1.165) is 32.2 Å². The van der Waals surface area contributed by atoms with E-state index in [2.05, 4.69) is 4.90 Å². The maximum absolute atomic E-state index is 5.86. The summed E-state index contributed by atoms with van der Waals surface area (Å²) >= 11 is 0. The van der Waals surface area contributed by atoms with E-state index in [1.54, 1.807) is 0 Å². The molecule has 0 aromatic rings. The van der Waals surface area contributed by atoms with Crippen LogP contribution in [0.3, 0.4) is 0 Å². The molecular weight excluding hydrogens is 190 g/mol. The zero-order valence-corrected chi connectivity index (χ0v) is 9.27. The molecule has 0 aliphatic carbocycles. The van der Waals surface area contributed by atoms with E-state index in [9.17, 15) is 0 Å². The molecule has 0 radical (unpaired) electrons. The van der Waals surface area contributed by atoms with Crippen LogP contribution in [-0.2, 0) is 4.74 Å². The van der Waals surface area contributed by atoms with Gasteiger partial charge in [-0.1, -0.05) is 0 Å². The highest BCUT2D eigenvalue weighted by atomic mass is 16.5. The van der Waals surface area contributed by atoms with Crippen LogP contribution in [0.4, 0.5) is 0 Å². The van der Waals surface area contributed by atoms with Crippen molar-refractivity contribution in [3.8, 4) is 0 Å². The number of hydrazine groups is 1. The summed E-state index contributed by atoms with van der Waals surface area (Å²) in [6.45, 7) is 4.42. The molecule has 86 valence electrons. The molecule has 3 fully saturated rings. The third kappa shape index (κ3) is 2.04. The van der Waals surface area contributed by atoms with E-state index >= 15 is 0 Å². The van der Waals surface area contributed by atoms with E-state index in [4.69, 9.17) is 10.6 Å². The number of rotatable bonds is 1. The first-order valence-electron chi connectivity index (χ1n) is 6.20. The van der Waals surface area contributed by atoms with E-state index in [0.29, 0.717) is 12.2 Å². The molecule has 3 aliphatic rings. The van der Waals surface area contributed by atoms with Gasteiger partial charge in [0.2, 0.25) is 0 Å². The van der Waals surface area contributed by atoms with Gasteiger partial charge < -0.3 is 4.74 Å². The van der Waals surface area contributed by atoms with Crippen molar-refractivity contribution in [3.05, 3.63) is 0 Å². The summed E-state index contributed by atoms with van der Waals surface area (Å²) < 4.78 is 5.86. The van der Waals surface area contributed by atoms with Gasteiger partial charge in [0.25, 0.3) is 0 Å². The van der Waals surface area contributed by atoms with Gasteiger partial charge in [-0.2, -0.15) is 0 Å². The topological polar surface area (TPSA) is 41.7 Å². The van der Waals surface area contributed by atoms with Crippen molar-refractivity contribution in [2.45, 2.75) is 43.9 Å². The minimum atomic E-state index is 0.527. The molecule has 3 aliphatic heterocycles.